The third-order valence-corrected chi connectivity index (χ3v) is 1.72. The summed E-state index contributed by atoms with van der Waals surface area (Å²) in [5.74, 6) is -1.96. The molecule has 0 fully saturated rings. The molecule has 0 amide bonds. The zero-order valence-corrected chi connectivity index (χ0v) is 7.29. The zero-order chi connectivity index (χ0) is 10.0. The molecular formula is C9H12FNO2. The van der Waals surface area contributed by atoms with Crippen molar-refractivity contribution in [3.8, 4) is 11.5 Å². The van der Waals surface area contributed by atoms with E-state index in [9.17, 15) is 4.39 Å². The van der Waals surface area contributed by atoms with Gasteiger partial charge in [-0.25, -0.2) is 4.39 Å². The standard InChI is InChI=1S/C9H12FNO2/c1-5(11)4-6-2-3-7(12)9(13)8(6)10/h2-3,5,12-13H,4,11H2,1H3/t5-/m0/s1. The molecule has 0 aliphatic carbocycles. The van der Waals surface area contributed by atoms with Crippen LogP contribution in [0.5, 0.6) is 11.5 Å². The fourth-order valence-corrected chi connectivity index (χ4v) is 1.10. The van der Waals surface area contributed by atoms with Crippen molar-refractivity contribution in [2.45, 2.75) is 19.4 Å². The predicted molar refractivity (Wildman–Crippen MR) is 47.1 cm³/mol. The van der Waals surface area contributed by atoms with E-state index in [-0.39, 0.29) is 6.04 Å². The summed E-state index contributed by atoms with van der Waals surface area (Å²) in [7, 11) is 0. The van der Waals surface area contributed by atoms with E-state index in [0.29, 0.717) is 12.0 Å². The normalized spacial score (nSPS) is 12.8. The fraction of sp³-hybridized carbons (Fsp3) is 0.333. The molecule has 13 heavy (non-hydrogen) atoms. The van der Waals surface area contributed by atoms with E-state index in [2.05, 4.69) is 0 Å². The lowest BCUT2D eigenvalue weighted by atomic mass is 10.1. The van der Waals surface area contributed by atoms with Crippen molar-refractivity contribution < 1.29 is 14.6 Å². The molecule has 0 bridgehead atoms. The summed E-state index contributed by atoms with van der Waals surface area (Å²) in [6, 6.07) is 2.47. The van der Waals surface area contributed by atoms with Gasteiger partial charge in [-0.05, 0) is 25.0 Å². The van der Waals surface area contributed by atoms with E-state index >= 15 is 0 Å². The SMILES string of the molecule is C[C@H](N)Cc1ccc(O)c(O)c1F. The summed E-state index contributed by atoms with van der Waals surface area (Å²) in [6.45, 7) is 1.74. The summed E-state index contributed by atoms with van der Waals surface area (Å²) < 4.78 is 13.2. The van der Waals surface area contributed by atoms with Crippen LogP contribution in [-0.4, -0.2) is 16.3 Å². The van der Waals surface area contributed by atoms with E-state index in [1.54, 1.807) is 6.92 Å². The minimum absolute atomic E-state index is 0.182. The minimum atomic E-state index is -0.794. The largest absolute Gasteiger partial charge is 0.504 e. The number of hydrogen-bond acceptors (Lipinski definition) is 3. The second-order valence-electron chi connectivity index (χ2n) is 3.09. The fourth-order valence-electron chi connectivity index (χ4n) is 1.10. The highest BCUT2D eigenvalue weighted by molar-refractivity contribution is 5.42. The van der Waals surface area contributed by atoms with Gasteiger partial charge in [0.05, 0.1) is 0 Å². The molecule has 0 saturated carbocycles. The van der Waals surface area contributed by atoms with Crippen LogP contribution >= 0.6 is 0 Å². The van der Waals surface area contributed by atoms with Crippen molar-refractivity contribution in [2.24, 2.45) is 5.73 Å². The maximum absolute atomic E-state index is 13.2. The molecule has 1 atom stereocenters. The van der Waals surface area contributed by atoms with Crippen LogP contribution in [-0.2, 0) is 6.42 Å². The predicted octanol–water partition coefficient (Wildman–Crippen LogP) is 1.13. The third-order valence-electron chi connectivity index (χ3n) is 1.72. The Morgan fingerprint density at radius 3 is 2.62 bits per heavy atom. The molecule has 1 rings (SSSR count). The van der Waals surface area contributed by atoms with Crippen molar-refractivity contribution in [2.75, 3.05) is 0 Å². The Kier molecular flexibility index (Phi) is 2.72. The maximum Gasteiger partial charge on any atom is 0.194 e. The summed E-state index contributed by atoms with van der Waals surface area (Å²) in [5.41, 5.74) is 5.78. The number of phenolic OH excluding ortho intramolecular Hbond substituents is 2. The van der Waals surface area contributed by atoms with Crippen LogP contribution in [0, 0.1) is 5.82 Å². The first kappa shape index (κ1) is 9.80. The topological polar surface area (TPSA) is 66.5 Å². The molecule has 4 N–H and O–H groups in total. The molecule has 72 valence electrons. The molecule has 0 heterocycles. The Bertz CT molecular complexity index is 313. The van der Waals surface area contributed by atoms with Gasteiger partial charge in [0.25, 0.3) is 0 Å². The first-order valence-corrected chi connectivity index (χ1v) is 3.97. The Morgan fingerprint density at radius 1 is 1.46 bits per heavy atom. The summed E-state index contributed by atoms with van der Waals surface area (Å²) in [6.07, 6.45) is 0.333. The molecule has 0 unspecified atom stereocenters. The van der Waals surface area contributed by atoms with Crippen LogP contribution in [0.25, 0.3) is 0 Å². The second kappa shape index (κ2) is 3.62. The lowest BCUT2D eigenvalue weighted by molar-refractivity contribution is 0.376. The van der Waals surface area contributed by atoms with Crippen LogP contribution in [0.4, 0.5) is 4.39 Å². The molecule has 0 spiro atoms. The average Bonchev–Trinajstić information content (AvgIpc) is 2.06. The van der Waals surface area contributed by atoms with Gasteiger partial charge in [0.15, 0.2) is 17.3 Å². The quantitative estimate of drug-likeness (QED) is 0.605. The zero-order valence-electron chi connectivity index (χ0n) is 7.29. The van der Waals surface area contributed by atoms with Gasteiger partial charge in [-0.2, -0.15) is 0 Å². The Balaban J connectivity index is 3.04. The van der Waals surface area contributed by atoms with Crippen LogP contribution in [0.3, 0.4) is 0 Å². The van der Waals surface area contributed by atoms with Crippen LogP contribution in [0.1, 0.15) is 12.5 Å². The van der Waals surface area contributed by atoms with Gasteiger partial charge in [0.1, 0.15) is 0 Å². The number of nitrogens with two attached hydrogens (primary N) is 1. The van der Waals surface area contributed by atoms with Gasteiger partial charge in [-0.1, -0.05) is 6.07 Å². The molecule has 0 saturated heterocycles. The van der Waals surface area contributed by atoms with Crippen LogP contribution < -0.4 is 5.73 Å². The van der Waals surface area contributed by atoms with Gasteiger partial charge in [0.2, 0.25) is 0 Å². The Morgan fingerprint density at radius 2 is 2.08 bits per heavy atom. The number of aromatic hydroxyl groups is 2. The number of benzene rings is 1. The number of hydrogen-bond donors (Lipinski definition) is 3. The van der Waals surface area contributed by atoms with Gasteiger partial charge in [-0.3, -0.25) is 0 Å². The van der Waals surface area contributed by atoms with E-state index < -0.39 is 17.3 Å². The molecule has 1 aromatic carbocycles. The lowest BCUT2D eigenvalue weighted by Crippen LogP contribution is -2.18. The molecule has 0 radical (unpaired) electrons. The van der Waals surface area contributed by atoms with Gasteiger partial charge in [0, 0.05) is 6.04 Å². The molecule has 0 aromatic heterocycles. The maximum atomic E-state index is 13.2. The Labute approximate surface area is 75.6 Å². The van der Waals surface area contributed by atoms with Gasteiger partial charge >= 0.3 is 0 Å². The highest BCUT2D eigenvalue weighted by atomic mass is 19.1. The van der Waals surface area contributed by atoms with Crippen LogP contribution in [0.2, 0.25) is 0 Å². The van der Waals surface area contributed by atoms with Crippen molar-refractivity contribution in [3.63, 3.8) is 0 Å². The van der Waals surface area contributed by atoms with Crippen molar-refractivity contribution >= 4 is 0 Å². The summed E-state index contributed by atoms with van der Waals surface area (Å²) in [4.78, 5) is 0. The molecule has 1 aromatic rings. The number of halogens is 1. The molecule has 3 nitrogen and oxygen atoms in total. The van der Waals surface area contributed by atoms with E-state index in [4.69, 9.17) is 15.9 Å². The summed E-state index contributed by atoms with van der Waals surface area (Å²) in [5, 5.41) is 18.0. The molecule has 0 aliphatic heterocycles. The monoisotopic (exact) mass is 185 g/mol. The van der Waals surface area contributed by atoms with E-state index in [1.165, 1.54) is 12.1 Å². The highest BCUT2D eigenvalue weighted by Crippen LogP contribution is 2.29. The lowest BCUT2D eigenvalue weighted by Gasteiger charge is -2.08. The summed E-state index contributed by atoms with van der Waals surface area (Å²) >= 11 is 0. The number of rotatable bonds is 2. The second-order valence-corrected chi connectivity index (χ2v) is 3.09. The first-order chi connectivity index (χ1) is 6.02. The van der Waals surface area contributed by atoms with Gasteiger partial charge in [-0.15, -0.1) is 0 Å². The molecule has 0 aliphatic rings. The highest BCUT2D eigenvalue weighted by Gasteiger charge is 2.12. The minimum Gasteiger partial charge on any atom is -0.504 e. The van der Waals surface area contributed by atoms with E-state index in [0.717, 1.165) is 0 Å². The Hall–Kier alpha value is -1.29. The van der Waals surface area contributed by atoms with Crippen molar-refractivity contribution in [1.82, 2.24) is 0 Å². The molecular weight excluding hydrogens is 173 g/mol. The van der Waals surface area contributed by atoms with Crippen molar-refractivity contribution in [3.05, 3.63) is 23.5 Å². The van der Waals surface area contributed by atoms with Crippen molar-refractivity contribution in [1.29, 1.82) is 0 Å². The molecule has 4 heteroatoms. The first-order valence-electron chi connectivity index (χ1n) is 3.97. The van der Waals surface area contributed by atoms with Crippen LogP contribution in [0.15, 0.2) is 12.1 Å². The smallest absolute Gasteiger partial charge is 0.194 e. The third kappa shape index (κ3) is 2.09. The average molecular weight is 185 g/mol. The number of phenols is 2. The van der Waals surface area contributed by atoms with E-state index in [1.807, 2.05) is 0 Å². The van der Waals surface area contributed by atoms with Gasteiger partial charge < -0.3 is 15.9 Å².